The monoisotopic (exact) mass is 319 g/mol. The first kappa shape index (κ1) is 20.5. The molecule has 22 heavy (non-hydrogen) atoms. The lowest BCUT2D eigenvalue weighted by molar-refractivity contribution is -0.297. The van der Waals surface area contributed by atoms with Crippen LogP contribution in [0.5, 0.6) is 0 Å². The van der Waals surface area contributed by atoms with Crippen molar-refractivity contribution in [3.8, 4) is 0 Å². The third kappa shape index (κ3) is 12.3. The molecule has 0 radical (unpaired) electrons. The third-order valence-electron chi connectivity index (χ3n) is 2.39. The Bertz CT molecular complexity index is 340. The van der Waals surface area contributed by atoms with Crippen LogP contribution in [0.3, 0.4) is 0 Å². The van der Waals surface area contributed by atoms with Gasteiger partial charge in [0.25, 0.3) is 0 Å². The lowest BCUT2D eigenvalue weighted by Crippen LogP contribution is -2.22. The first-order valence-electron chi connectivity index (χ1n) is 6.83. The summed E-state index contributed by atoms with van der Waals surface area (Å²) in [4.78, 5) is 22.3. The van der Waals surface area contributed by atoms with E-state index in [-0.39, 0.29) is 31.8 Å². The summed E-state index contributed by atoms with van der Waals surface area (Å²) in [7, 11) is 3.09. The van der Waals surface area contributed by atoms with Crippen LogP contribution in [0.25, 0.3) is 0 Å². The highest BCUT2D eigenvalue weighted by atomic mass is 16.6. The summed E-state index contributed by atoms with van der Waals surface area (Å²) in [5.41, 5.74) is -0.0192. The van der Waals surface area contributed by atoms with Crippen molar-refractivity contribution in [1.82, 2.24) is 0 Å². The molecule has 8 nitrogen and oxygen atoms in total. The van der Waals surface area contributed by atoms with Gasteiger partial charge in [-0.2, -0.15) is 0 Å². The van der Waals surface area contributed by atoms with Crippen molar-refractivity contribution < 1.29 is 38.4 Å². The molecule has 0 aromatic carbocycles. The number of ether oxygens (including phenoxy) is 5. The maximum Gasteiger partial charge on any atom is 0.334 e. The fourth-order valence-electron chi connectivity index (χ4n) is 1.33. The van der Waals surface area contributed by atoms with Gasteiger partial charge in [0.1, 0.15) is 6.61 Å². The van der Waals surface area contributed by atoms with Gasteiger partial charge in [-0.05, 0) is 6.08 Å². The summed E-state index contributed by atoms with van der Waals surface area (Å²) < 4.78 is 24.8. The number of carboxylic acids is 1. The van der Waals surface area contributed by atoms with E-state index in [0.717, 1.165) is 0 Å². The molecule has 0 atom stereocenters. The topological polar surface area (TPSA) is 103 Å². The van der Waals surface area contributed by atoms with Gasteiger partial charge in [0.2, 0.25) is 0 Å². The zero-order valence-corrected chi connectivity index (χ0v) is 13.0. The molecule has 0 saturated carbocycles. The minimum Gasteiger partial charge on any atom is -0.545 e. The predicted molar refractivity (Wildman–Crippen MR) is 74.1 cm³/mol. The summed E-state index contributed by atoms with van der Waals surface area (Å²) in [6, 6.07) is 0. The fraction of sp³-hybridized carbons (Fsp3) is 0.714. The number of carbonyl (C=O) groups is 2. The molecule has 0 saturated heterocycles. The molecule has 0 N–H and O–H groups in total. The normalized spacial score (nSPS) is 11.5. The van der Waals surface area contributed by atoms with Crippen molar-refractivity contribution in [2.75, 3.05) is 60.5 Å². The fourth-order valence-corrected chi connectivity index (χ4v) is 1.33. The van der Waals surface area contributed by atoms with Gasteiger partial charge in [-0.3, -0.25) is 0 Å². The number of aliphatic carboxylic acids is 1. The number of carboxylic acid groups (broad SMARTS) is 1. The van der Waals surface area contributed by atoms with Crippen LogP contribution in [0, 0.1) is 0 Å². The van der Waals surface area contributed by atoms with Crippen LogP contribution in [0.2, 0.25) is 0 Å². The first-order chi connectivity index (χ1) is 10.6. The second-order valence-electron chi connectivity index (χ2n) is 4.08. The summed E-state index contributed by atoms with van der Waals surface area (Å²) >= 11 is 0. The Morgan fingerprint density at radius 3 is 1.95 bits per heavy atom. The second-order valence-corrected chi connectivity index (χ2v) is 4.08. The summed E-state index contributed by atoms with van der Waals surface area (Å²) in [5, 5.41) is 10.6. The Balaban J connectivity index is 4.04. The Morgan fingerprint density at radius 1 is 0.864 bits per heavy atom. The predicted octanol–water partition coefficient (Wildman–Crippen LogP) is -1.08. The molecule has 0 amide bonds. The molecular formula is C14H23O8-. The number of methoxy groups -OCH3 is 2. The molecule has 0 bridgehead atoms. The van der Waals surface area contributed by atoms with Crippen molar-refractivity contribution in [2.45, 2.75) is 6.42 Å². The first-order valence-corrected chi connectivity index (χ1v) is 6.83. The van der Waals surface area contributed by atoms with Gasteiger partial charge in [-0.1, -0.05) is 0 Å². The van der Waals surface area contributed by atoms with Crippen LogP contribution < -0.4 is 5.11 Å². The zero-order chi connectivity index (χ0) is 16.6. The van der Waals surface area contributed by atoms with E-state index in [1.165, 1.54) is 7.11 Å². The quantitative estimate of drug-likeness (QED) is 0.226. The number of rotatable bonds is 14. The summed E-state index contributed by atoms with van der Waals surface area (Å²) in [6.07, 6.45) is 0.828. The van der Waals surface area contributed by atoms with Crippen molar-refractivity contribution in [3.05, 3.63) is 11.6 Å². The Labute approximate surface area is 129 Å². The van der Waals surface area contributed by atoms with Gasteiger partial charge in [0.15, 0.2) is 0 Å². The molecule has 0 rings (SSSR count). The minimum absolute atomic E-state index is 0.0192. The van der Waals surface area contributed by atoms with Crippen LogP contribution >= 0.6 is 0 Å². The highest BCUT2D eigenvalue weighted by Gasteiger charge is 2.11. The zero-order valence-electron chi connectivity index (χ0n) is 13.0. The van der Waals surface area contributed by atoms with E-state index < -0.39 is 11.9 Å². The van der Waals surface area contributed by atoms with E-state index >= 15 is 0 Å². The Kier molecular flexibility index (Phi) is 13.5. The van der Waals surface area contributed by atoms with E-state index in [1.807, 2.05) is 0 Å². The van der Waals surface area contributed by atoms with Crippen molar-refractivity contribution in [2.24, 2.45) is 0 Å². The van der Waals surface area contributed by atoms with Crippen LogP contribution in [0.1, 0.15) is 6.42 Å². The standard InChI is InChI=1S/C14H24O8/c1-18-5-7-20-4-3-12(11-13(15)16)14(17)22-10-9-21-8-6-19-2/h11H,3-10H2,1-2H3,(H,15,16)/p-1/b12-11-. The van der Waals surface area contributed by atoms with E-state index in [2.05, 4.69) is 0 Å². The molecule has 0 aliphatic carbocycles. The third-order valence-corrected chi connectivity index (χ3v) is 2.39. The number of hydrogen-bond acceptors (Lipinski definition) is 8. The van der Waals surface area contributed by atoms with E-state index in [0.29, 0.717) is 32.5 Å². The molecule has 0 aromatic heterocycles. The van der Waals surface area contributed by atoms with E-state index in [9.17, 15) is 14.7 Å². The van der Waals surface area contributed by atoms with Crippen molar-refractivity contribution in [3.63, 3.8) is 0 Å². The van der Waals surface area contributed by atoms with Crippen molar-refractivity contribution >= 4 is 11.9 Å². The lowest BCUT2D eigenvalue weighted by Gasteiger charge is -2.10. The average Bonchev–Trinajstić information content (AvgIpc) is 2.48. The van der Waals surface area contributed by atoms with Gasteiger partial charge in [-0.25, -0.2) is 4.79 Å². The van der Waals surface area contributed by atoms with E-state index in [4.69, 9.17) is 23.7 Å². The van der Waals surface area contributed by atoms with Gasteiger partial charge >= 0.3 is 5.97 Å². The number of carbonyl (C=O) groups excluding carboxylic acids is 2. The number of esters is 1. The average molecular weight is 319 g/mol. The molecule has 128 valence electrons. The molecule has 8 heteroatoms. The molecule has 0 aliphatic rings. The molecular weight excluding hydrogens is 296 g/mol. The molecule has 0 fully saturated rings. The molecule has 0 aromatic rings. The molecule has 0 heterocycles. The Morgan fingerprint density at radius 2 is 1.41 bits per heavy atom. The van der Waals surface area contributed by atoms with Crippen LogP contribution in [-0.4, -0.2) is 72.4 Å². The maximum absolute atomic E-state index is 11.7. The van der Waals surface area contributed by atoms with E-state index in [1.54, 1.807) is 7.11 Å². The maximum atomic E-state index is 11.7. The highest BCUT2D eigenvalue weighted by molar-refractivity contribution is 5.95. The highest BCUT2D eigenvalue weighted by Crippen LogP contribution is 2.05. The molecule has 0 spiro atoms. The van der Waals surface area contributed by atoms with Gasteiger partial charge in [-0.15, -0.1) is 0 Å². The van der Waals surface area contributed by atoms with Gasteiger partial charge in [0.05, 0.1) is 45.6 Å². The minimum atomic E-state index is -1.46. The molecule has 0 unspecified atom stereocenters. The second kappa shape index (κ2) is 14.5. The smallest absolute Gasteiger partial charge is 0.334 e. The van der Waals surface area contributed by atoms with Crippen LogP contribution in [-0.2, 0) is 33.3 Å². The van der Waals surface area contributed by atoms with Gasteiger partial charge in [0, 0.05) is 26.2 Å². The summed E-state index contributed by atoms with van der Waals surface area (Å²) in [6.45, 7) is 2.03. The van der Waals surface area contributed by atoms with Crippen LogP contribution in [0.15, 0.2) is 11.6 Å². The largest absolute Gasteiger partial charge is 0.545 e. The Hall–Kier alpha value is -1.48. The SMILES string of the molecule is COCCOCCOC(=O)/C(=C\C(=O)[O-])CCOCCOC. The van der Waals surface area contributed by atoms with Crippen molar-refractivity contribution in [1.29, 1.82) is 0 Å². The van der Waals surface area contributed by atoms with Gasteiger partial charge < -0.3 is 33.6 Å². The molecule has 0 aliphatic heterocycles. The summed E-state index contributed by atoms with van der Waals surface area (Å²) in [5.74, 6) is -2.19. The number of hydrogen-bond donors (Lipinski definition) is 0. The van der Waals surface area contributed by atoms with Crippen LogP contribution in [0.4, 0.5) is 0 Å². The lowest BCUT2D eigenvalue weighted by atomic mass is 10.2.